The van der Waals surface area contributed by atoms with Crippen LogP contribution in [0.4, 0.5) is 0 Å². The van der Waals surface area contributed by atoms with Crippen molar-refractivity contribution in [1.82, 2.24) is 9.80 Å². The third-order valence-electron chi connectivity index (χ3n) is 1.80. The van der Waals surface area contributed by atoms with E-state index in [2.05, 4.69) is 0 Å². The molecule has 0 amide bonds. The van der Waals surface area contributed by atoms with Gasteiger partial charge in [0.1, 0.15) is 6.07 Å². The molecule has 0 rings (SSSR count). The monoisotopic (exact) mass is 207 g/mol. The molecule has 0 saturated carbocycles. The second kappa shape index (κ2) is 3.74. The maximum atomic E-state index is 11.2. The van der Waals surface area contributed by atoms with Gasteiger partial charge in [-0.25, -0.2) is 0 Å². The number of rotatable bonds is 3. The van der Waals surface area contributed by atoms with E-state index in [-0.39, 0.29) is 0 Å². The molecule has 0 radical (unpaired) electrons. The van der Waals surface area contributed by atoms with E-state index >= 15 is 0 Å². The molecule has 0 aromatic carbocycles. The Balaban J connectivity index is 5.43. The van der Waals surface area contributed by atoms with Crippen LogP contribution in [0.1, 0.15) is 0 Å². The van der Waals surface area contributed by atoms with Crippen molar-refractivity contribution in [3.63, 3.8) is 0 Å². The lowest BCUT2D eigenvalue weighted by atomic mass is 10.4. The molecule has 0 atom stereocenters. The molecule has 0 aliphatic carbocycles. The van der Waals surface area contributed by atoms with Gasteiger partial charge in [0.15, 0.2) is 0 Å². The normalized spacial score (nSPS) is 13.5. The second-order valence-electron chi connectivity index (χ2n) is 3.08. The Morgan fingerprint density at radius 3 is 1.54 bits per heavy atom. The Kier molecular flexibility index (Phi) is 3.62. The van der Waals surface area contributed by atoms with Gasteiger partial charge in [0.2, 0.25) is 0 Å². The fourth-order valence-electron chi connectivity index (χ4n) is 1.19. The fourth-order valence-corrected chi connectivity index (χ4v) is 2.36. The van der Waals surface area contributed by atoms with Crippen molar-refractivity contribution in [2.75, 3.05) is 28.2 Å². The zero-order chi connectivity index (χ0) is 10.9. The Bertz CT molecular complexity index is 257. The van der Waals surface area contributed by atoms with Crippen LogP contribution in [0.15, 0.2) is 0 Å². The van der Waals surface area contributed by atoms with Crippen LogP contribution in [0.2, 0.25) is 0 Å². The highest BCUT2D eigenvalue weighted by molar-refractivity contribution is 7.53. The first-order valence-corrected chi connectivity index (χ1v) is 5.13. The molecule has 0 aromatic rings. The molecule has 0 saturated heterocycles. The molecule has 0 spiro atoms. The molecule has 6 nitrogen and oxygen atoms in total. The summed E-state index contributed by atoms with van der Waals surface area (Å²) < 4.78 is 11.2. The van der Waals surface area contributed by atoms with Gasteiger partial charge in [-0.3, -0.25) is 14.4 Å². The number of nitriles is 1. The van der Waals surface area contributed by atoms with E-state index in [1.807, 2.05) is 0 Å². The summed E-state index contributed by atoms with van der Waals surface area (Å²) in [5, 5.41) is 6.95. The summed E-state index contributed by atoms with van der Waals surface area (Å²) in [5.41, 5.74) is 0. The van der Waals surface area contributed by atoms with Gasteiger partial charge >= 0.3 is 7.60 Å². The highest BCUT2D eigenvalue weighted by Crippen LogP contribution is 2.52. The third kappa shape index (κ3) is 1.90. The van der Waals surface area contributed by atoms with Gasteiger partial charge in [-0.2, -0.15) is 5.26 Å². The molecule has 0 fully saturated rings. The van der Waals surface area contributed by atoms with E-state index in [0.717, 1.165) is 0 Å². The van der Waals surface area contributed by atoms with Gasteiger partial charge in [0, 0.05) is 0 Å². The maximum absolute atomic E-state index is 11.2. The first kappa shape index (κ1) is 12.6. The third-order valence-corrected chi connectivity index (χ3v) is 3.52. The Hall–Kier alpha value is -0.440. The Morgan fingerprint density at radius 2 is 1.54 bits per heavy atom. The van der Waals surface area contributed by atoms with Gasteiger partial charge in [0.25, 0.3) is 5.40 Å². The first-order valence-electron chi connectivity index (χ1n) is 3.52. The van der Waals surface area contributed by atoms with Gasteiger partial charge in [-0.15, -0.1) is 0 Å². The smallest absolute Gasteiger partial charge is 0.321 e. The zero-order valence-corrected chi connectivity index (χ0v) is 8.99. The average molecular weight is 207 g/mol. The largest absolute Gasteiger partial charge is 0.375 e. The average Bonchev–Trinajstić information content (AvgIpc) is 1.83. The molecule has 0 aromatic heterocycles. The lowest BCUT2D eigenvalue weighted by Gasteiger charge is -2.38. The van der Waals surface area contributed by atoms with Gasteiger partial charge in [-0.05, 0) is 28.2 Å². The summed E-state index contributed by atoms with van der Waals surface area (Å²) in [4.78, 5) is 20.6. The van der Waals surface area contributed by atoms with Crippen molar-refractivity contribution >= 4 is 7.60 Å². The van der Waals surface area contributed by atoms with Crippen molar-refractivity contribution in [3.05, 3.63) is 0 Å². The van der Waals surface area contributed by atoms with Gasteiger partial charge in [0.05, 0.1) is 0 Å². The molecule has 0 aliphatic heterocycles. The minimum atomic E-state index is -4.53. The number of hydrogen-bond acceptors (Lipinski definition) is 4. The summed E-state index contributed by atoms with van der Waals surface area (Å²) in [6, 6.07) is 1.64. The van der Waals surface area contributed by atoms with E-state index in [1.54, 1.807) is 6.07 Å². The van der Waals surface area contributed by atoms with Crippen LogP contribution in [-0.4, -0.2) is 53.2 Å². The Morgan fingerprint density at radius 1 is 1.23 bits per heavy atom. The zero-order valence-electron chi connectivity index (χ0n) is 8.09. The first-order chi connectivity index (χ1) is 5.70. The molecular weight excluding hydrogens is 193 g/mol. The molecule has 0 aliphatic rings. The minimum Gasteiger partial charge on any atom is -0.321 e. The number of nitrogens with zero attached hydrogens (tertiary/aromatic N) is 3. The topological polar surface area (TPSA) is 87.8 Å². The highest BCUT2D eigenvalue weighted by Gasteiger charge is 2.52. The van der Waals surface area contributed by atoms with E-state index in [9.17, 15) is 4.57 Å². The summed E-state index contributed by atoms with van der Waals surface area (Å²) >= 11 is 0. The van der Waals surface area contributed by atoms with Crippen molar-refractivity contribution in [2.45, 2.75) is 5.40 Å². The summed E-state index contributed by atoms with van der Waals surface area (Å²) in [6.07, 6.45) is 0. The van der Waals surface area contributed by atoms with Gasteiger partial charge in [-0.1, -0.05) is 0 Å². The quantitative estimate of drug-likeness (QED) is 0.477. The van der Waals surface area contributed by atoms with Crippen LogP contribution in [0.5, 0.6) is 0 Å². The second-order valence-corrected chi connectivity index (χ2v) is 4.79. The van der Waals surface area contributed by atoms with Crippen molar-refractivity contribution in [2.24, 2.45) is 0 Å². The number of hydrogen-bond donors (Lipinski definition) is 2. The molecule has 0 heterocycles. The van der Waals surface area contributed by atoms with E-state index in [1.165, 1.54) is 38.0 Å². The Labute approximate surface area is 77.5 Å². The predicted octanol–water partition coefficient (Wildman–Crippen LogP) is -0.535. The molecule has 2 N–H and O–H groups in total. The fraction of sp³-hybridized carbons (Fsp3) is 0.833. The summed E-state index contributed by atoms with van der Waals surface area (Å²) in [6.45, 7) is 0. The lowest BCUT2D eigenvalue weighted by molar-refractivity contribution is 0.104. The maximum Gasteiger partial charge on any atom is 0.375 e. The van der Waals surface area contributed by atoms with Crippen LogP contribution in [-0.2, 0) is 4.57 Å². The van der Waals surface area contributed by atoms with Crippen LogP contribution < -0.4 is 0 Å². The summed E-state index contributed by atoms with van der Waals surface area (Å²) in [7, 11) is 1.26. The molecule has 76 valence electrons. The van der Waals surface area contributed by atoms with Crippen LogP contribution in [0.3, 0.4) is 0 Å². The predicted molar refractivity (Wildman–Crippen MR) is 47.8 cm³/mol. The molecule has 7 heteroatoms. The van der Waals surface area contributed by atoms with E-state index in [4.69, 9.17) is 15.0 Å². The SMILES string of the molecule is CN(C)C(C#N)(N(C)C)P(=O)(O)O. The van der Waals surface area contributed by atoms with Gasteiger partial charge < -0.3 is 9.79 Å². The van der Waals surface area contributed by atoms with Crippen molar-refractivity contribution in [1.29, 1.82) is 5.26 Å². The minimum absolute atomic E-state index is 1.20. The molecule has 0 bridgehead atoms. The van der Waals surface area contributed by atoms with Crippen LogP contribution in [0.25, 0.3) is 0 Å². The van der Waals surface area contributed by atoms with E-state index < -0.39 is 13.0 Å². The van der Waals surface area contributed by atoms with Crippen LogP contribution >= 0.6 is 7.60 Å². The van der Waals surface area contributed by atoms with Crippen molar-refractivity contribution in [3.8, 4) is 6.07 Å². The van der Waals surface area contributed by atoms with E-state index in [0.29, 0.717) is 0 Å². The lowest BCUT2D eigenvalue weighted by Crippen LogP contribution is -2.53. The van der Waals surface area contributed by atoms with Crippen LogP contribution in [0, 0.1) is 11.3 Å². The molecule has 13 heavy (non-hydrogen) atoms. The standard InChI is InChI=1S/C6H14N3O3P/c1-8(2)6(5-7,9(3)4)13(10,11)12/h1-4H3,(H2,10,11,12). The van der Waals surface area contributed by atoms with Crippen molar-refractivity contribution < 1.29 is 14.4 Å². The molecule has 0 unspecified atom stereocenters. The highest BCUT2D eigenvalue weighted by atomic mass is 31.2. The summed E-state index contributed by atoms with van der Waals surface area (Å²) in [5.74, 6) is 0. The molecular formula is C6H14N3O3P.